The molecule has 0 aromatic heterocycles. The third kappa shape index (κ3) is 18.7. The summed E-state index contributed by atoms with van der Waals surface area (Å²) in [4.78, 5) is 0. The van der Waals surface area contributed by atoms with Gasteiger partial charge < -0.3 is 18.0 Å². The van der Waals surface area contributed by atoms with E-state index in [4.69, 9.17) is 4.74 Å². The number of rotatable bonds is 18. The van der Waals surface area contributed by atoms with Crippen molar-refractivity contribution >= 4 is 11.4 Å². The molecule has 1 fully saturated rings. The molecular weight excluding hydrogens is 398 g/mol. The monoisotopic (exact) mass is 449 g/mol. The standard InChI is InChI=1S/C22H46NO.C2H6O3S/c1-3-5-6-7-8-9-10-11-12-13-14-15-16-17-18-23(4-2)19-21-24-22-20-23;1-2-5-6(3)4/h3-22H2,1-2H3;2H2,1H3,(H,3,4)/q+1;/p-1. The van der Waals surface area contributed by atoms with Gasteiger partial charge in [0.15, 0.2) is 0 Å². The number of ether oxygens (including phenoxy) is 1. The number of morpholine rings is 1. The molecule has 30 heavy (non-hydrogen) atoms. The van der Waals surface area contributed by atoms with E-state index in [1.807, 2.05) is 0 Å². The highest BCUT2D eigenvalue weighted by Crippen LogP contribution is 2.16. The maximum Gasteiger partial charge on any atom is 0.102 e. The van der Waals surface area contributed by atoms with Crippen LogP contribution in [0.1, 0.15) is 111 Å². The molecule has 1 heterocycles. The van der Waals surface area contributed by atoms with Crippen LogP contribution in [0.3, 0.4) is 0 Å². The molecule has 0 spiro atoms. The summed E-state index contributed by atoms with van der Waals surface area (Å²) < 4.78 is 29.6. The molecule has 0 saturated carbocycles. The molecule has 0 N–H and O–H groups in total. The van der Waals surface area contributed by atoms with Crippen molar-refractivity contribution in [1.82, 2.24) is 0 Å². The fourth-order valence-corrected chi connectivity index (χ4v) is 4.36. The number of likely N-dealkylation sites (N-methyl/N-ethyl adjacent to an activating group) is 1. The van der Waals surface area contributed by atoms with Gasteiger partial charge in [-0.05, 0) is 26.7 Å². The lowest BCUT2D eigenvalue weighted by Crippen LogP contribution is -2.55. The molecular formula is C24H51NO4S. The molecule has 1 aliphatic rings. The number of hydrogen-bond donors (Lipinski definition) is 0. The molecule has 0 aromatic carbocycles. The number of unbranched alkanes of at least 4 members (excludes halogenated alkanes) is 13. The van der Waals surface area contributed by atoms with Crippen molar-refractivity contribution in [2.45, 2.75) is 111 Å². The highest BCUT2D eigenvalue weighted by Gasteiger charge is 2.27. The van der Waals surface area contributed by atoms with Gasteiger partial charge in [-0.25, -0.2) is 4.21 Å². The molecule has 1 saturated heterocycles. The average molecular weight is 450 g/mol. The Morgan fingerprint density at radius 1 is 0.767 bits per heavy atom. The Hall–Kier alpha value is -0.0100. The van der Waals surface area contributed by atoms with Crippen LogP contribution in [0, 0.1) is 0 Å². The van der Waals surface area contributed by atoms with Crippen molar-refractivity contribution in [2.75, 3.05) is 46.0 Å². The van der Waals surface area contributed by atoms with E-state index in [1.165, 1.54) is 121 Å². The molecule has 1 aliphatic heterocycles. The molecule has 1 rings (SSSR count). The van der Waals surface area contributed by atoms with Crippen molar-refractivity contribution in [1.29, 1.82) is 0 Å². The number of quaternary nitrogens is 1. The summed E-state index contributed by atoms with van der Waals surface area (Å²) in [6.07, 6.45) is 20.4. The van der Waals surface area contributed by atoms with Crippen molar-refractivity contribution in [3.8, 4) is 0 Å². The first kappa shape index (κ1) is 30.0. The SMILES string of the molecule is CCCCCCCCCCCCCCCC[N+]1(CC)CCOCC1.CCOS(=O)[O-]. The van der Waals surface area contributed by atoms with Crippen molar-refractivity contribution in [3.05, 3.63) is 0 Å². The van der Waals surface area contributed by atoms with E-state index in [9.17, 15) is 8.76 Å². The molecule has 0 aliphatic carbocycles. The van der Waals surface area contributed by atoms with Crippen LogP contribution in [0.15, 0.2) is 0 Å². The van der Waals surface area contributed by atoms with Crippen molar-refractivity contribution < 1.29 is 22.2 Å². The van der Waals surface area contributed by atoms with Crippen LogP contribution in [0.5, 0.6) is 0 Å². The Labute approximate surface area is 190 Å². The van der Waals surface area contributed by atoms with Gasteiger partial charge in [-0.1, -0.05) is 84.0 Å². The van der Waals surface area contributed by atoms with Gasteiger partial charge in [-0.3, -0.25) is 0 Å². The third-order valence-electron chi connectivity index (χ3n) is 6.29. The van der Waals surface area contributed by atoms with Crippen molar-refractivity contribution in [3.63, 3.8) is 0 Å². The first-order valence-corrected chi connectivity index (χ1v) is 13.8. The van der Waals surface area contributed by atoms with Crippen LogP contribution in [0.2, 0.25) is 0 Å². The molecule has 0 aromatic rings. The van der Waals surface area contributed by atoms with Crippen molar-refractivity contribution in [2.24, 2.45) is 0 Å². The highest BCUT2D eigenvalue weighted by molar-refractivity contribution is 7.74. The van der Waals surface area contributed by atoms with Gasteiger partial charge in [0.1, 0.15) is 13.1 Å². The zero-order valence-electron chi connectivity index (χ0n) is 20.3. The molecule has 0 radical (unpaired) electrons. The van der Waals surface area contributed by atoms with Crippen LogP contribution in [-0.4, -0.2) is 59.2 Å². The predicted molar refractivity (Wildman–Crippen MR) is 127 cm³/mol. The summed E-state index contributed by atoms with van der Waals surface area (Å²) >= 11 is -2.32. The van der Waals surface area contributed by atoms with Crippen LogP contribution in [-0.2, 0) is 20.3 Å². The zero-order chi connectivity index (χ0) is 22.3. The lowest BCUT2D eigenvalue weighted by Gasteiger charge is -2.40. The van der Waals surface area contributed by atoms with E-state index >= 15 is 0 Å². The fraction of sp³-hybridized carbons (Fsp3) is 1.00. The lowest BCUT2D eigenvalue weighted by atomic mass is 10.0. The van der Waals surface area contributed by atoms with E-state index in [-0.39, 0.29) is 6.61 Å². The van der Waals surface area contributed by atoms with Gasteiger partial charge in [0, 0.05) is 0 Å². The summed E-state index contributed by atoms with van der Waals surface area (Å²) in [5, 5.41) is 0. The quantitative estimate of drug-likeness (QED) is 0.143. The Morgan fingerprint density at radius 2 is 1.20 bits per heavy atom. The second-order valence-electron chi connectivity index (χ2n) is 8.65. The lowest BCUT2D eigenvalue weighted by molar-refractivity contribution is -0.933. The maximum absolute atomic E-state index is 9.38. The number of hydrogen-bond acceptors (Lipinski definition) is 4. The topological polar surface area (TPSA) is 58.6 Å². The summed E-state index contributed by atoms with van der Waals surface area (Å²) in [5.41, 5.74) is 0. The first-order chi connectivity index (χ1) is 14.6. The summed E-state index contributed by atoms with van der Waals surface area (Å²) in [5.74, 6) is 0. The number of nitrogens with zero attached hydrogens (tertiary/aromatic N) is 1. The van der Waals surface area contributed by atoms with Gasteiger partial charge in [0.05, 0.1) is 44.3 Å². The van der Waals surface area contributed by atoms with Crippen LogP contribution in [0.4, 0.5) is 0 Å². The second-order valence-corrected chi connectivity index (χ2v) is 9.29. The van der Waals surface area contributed by atoms with Gasteiger partial charge in [-0.2, -0.15) is 0 Å². The Balaban J connectivity index is 0.00000122. The Bertz CT molecular complexity index is 376. The molecule has 1 unspecified atom stereocenters. The minimum atomic E-state index is -2.32. The molecule has 0 bridgehead atoms. The van der Waals surface area contributed by atoms with Crippen LogP contribution < -0.4 is 0 Å². The normalized spacial score (nSPS) is 16.7. The summed E-state index contributed by atoms with van der Waals surface area (Å²) in [6.45, 7) is 13.6. The smallest absolute Gasteiger partial charge is 0.102 e. The van der Waals surface area contributed by atoms with Gasteiger partial charge in [0.2, 0.25) is 0 Å². The molecule has 0 amide bonds. The Kier molecular flexibility index (Phi) is 22.2. The summed E-state index contributed by atoms with van der Waals surface area (Å²) in [7, 11) is 0. The van der Waals surface area contributed by atoms with E-state index in [2.05, 4.69) is 18.0 Å². The largest absolute Gasteiger partial charge is 0.750 e. The summed E-state index contributed by atoms with van der Waals surface area (Å²) in [6, 6.07) is 0. The predicted octanol–water partition coefficient (Wildman–Crippen LogP) is 6.15. The van der Waals surface area contributed by atoms with E-state index in [0.29, 0.717) is 0 Å². The highest BCUT2D eigenvalue weighted by atomic mass is 32.2. The molecule has 182 valence electrons. The van der Waals surface area contributed by atoms with E-state index < -0.39 is 11.4 Å². The molecule has 5 nitrogen and oxygen atoms in total. The first-order valence-electron chi connectivity index (χ1n) is 12.8. The average Bonchev–Trinajstić information content (AvgIpc) is 2.75. The van der Waals surface area contributed by atoms with Gasteiger partial charge in [0.25, 0.3) is 0 Å². The van der Waals surface area contributed by atoms with Crippen LogP contribution >= 0.6 is 0 Å². The van der Waals surface area contributed by atoms with Gasteiger partial charge in [-0.15, -0.1) is 0 Å². The minimum Gasteiger partial charge on any atom is -0.750 e. The van der Waals surface area contributed by atoms with E-state index in [0.717, 1.165) is 13.2 Å². The Morgan fingerprint density at radius 3 is 1.53 bits per heavy atom. The zero-order valence-corrected chi connectivity index (χ0v) is 21.2. The maximum atomic E-state index is 9.38. The minimum absolute atomic E-state index is 0.218. The fourth-order valence-electron chi connectivity index (χ4n) is 4.17. The molecule has 1 atom stereocenters. The van der Waals surface area contributed by atoms with E-state index in [1.54, 1.807) is 6.92 Å². The third-order valence-corrected chi connectivity index (χ3v) is 6.72. The molecule has 6 heteroatoms. The van der Waals surface area contributed by atoms with Gasteiger partial charge >= 0.3 is 0 Å². The second kappa shape index (κ2) is 22.2. The van der Waals surface area contributed by atoms with Crippen LogP contribution in [0.25, 0.3) is 0 Å².